The highest BCUT2D eigenvalue weighted by atomic mass is 32.2. The highest BCUT2D eigenvalue weighted by Gasteiger charge is 2.37. The van der Waals surface area contributed by atoms with Crippen LogP contribution in [0.15, 0.2) is 47.4 Å². The zero-order valence-electron chi connectivity index (χ0n) is 16.2. The summed E-state index contributed by atoms with van der Waals surface area (Å²) in [7, 11) is 5.57. The lowest BCUT2D eigenvalue weighted by molar-refractivity contribution is -0.126. The van der Waals surface area contributed by atoms with Gasteiger partial charge in [0.25, 0.3) is 5.91 Å². The van der Waals surface area contributed by atoms with Gasteiger partial charge in [-0.25, -0.2) is 0 Å². The number of rotatable bonds is 5. The normalized spacial score (nSPS) is 19.8. The number of likely N-dealkylation sites (N-methyl/N-ethyl adjacent to an activating group) is 1. The van der Waals surface area contributed by atoms with E-state index in [0.29, 0.717) is 6.54 Å². The molecule has 1 heterocycles. The van der Waals surface area contributed by atoms with Crippen LogP contribution in [0.1, 0.15) is 16.4 Å². The molecule has 0 spiro atoms. The van der Waals surface area contributed by atoms with Gasteiger partial charge in [0.05, 0.1) is 18.0 Å². The zero-order valence-corrected chi connectivity index (χ0v) is 17.0. The first-order valence-corrected chi connectivity index (χ1v) is 9.84. The van der Waals surface area contributed by atoms with E-state index >= 15 is 0 Å². The van der Waals surface area contributed by atoms with Gasteiger partial charge in [-0.3, -0.25) is 4.79 Å². The van der Waals surface area contributed by atoms with Crippen molar-refractivity contribution in [2.24, 2.45) is 0 Å². The minimum atomic E-state index is -1.11. The average molecular weight is 387 g/mol. The second-order valence-electron chi connectivity index (χ2n) is 7.02. The Bertz CT molecular complexity index is 808. The largest absolute Gasteiger partial charge is 0.497 e. The third-order valence-electron chi connectivity index (χ3n) is 4.68. The van der Waals surface area contributed by atoms with E-state index in [-0.39, 0.29) is 11.2 Å². The first kappa shape index (κ1) is 19.7. The minimum absolute atomic E-state index is 0.255. The van der Waals surface area contributed by atoms with Crippen LogP contribution in [0.4, 0.5) is 5.69 Å². The van der Waals surface area contributed by atoms with E-state index in [1.54, 1.807) is 12.0 Å². The van der Waals surface area contributed by atoms with Gasteiger partial charge >= 0.3 is 0 Å². The number of aliphatic hydroxyl groups excluding tert-OH is 1. The standard InChI is InChI=1S/C21H26N2O3S/c1-14-5-10-18-17(13-14)23(12-11-22(2)3)21(25)19(24)20(27-18)15-6-8-16(26-4)9-7-15/h5-10,13,19-20,24H,11-12H2,1-4H3/t19-,20+/m0/s1. The van der Waals surface area contributed by atoms with Crippen molar-refractivity contribution in [2.45, 2.75) is 23.2 Å². The van der Waals surface area contributed by atoms with Crippen molar-refractivity contribution >= 4 is 23.4 Å². The maximum Gasteiger partial charge on any atom is 0.257 e. The van der Waals surface area contributed by atoms with Crippen LogP contribution >= 0.6 is 11.8 Å². The quantitative estimate of drug-likeness (QED) is 0.856. The molecule has 0 saturated heterocycles. The Hall–Kier alpha value is -2.02. The number of hydrogen-bond donors (Lipinski definition) is 1. The molecule has 5 nitrogen and oxygen atoms in total. The van der Waals surface area contributed by atoms with Crippen molar-refractivity contribution in [3.63, 3.8) is 0 Å². The minimum Gasteiger partial charge on any atom is -0.497 e. The molecule has 1 aliphatic rings. The fourth-order valence-electron chi connectivity index (χ4n) is 3.12. The van der Waals surface area contributed by atoms with Crippen LogP contribution in [-0.4, -0.2) is 56.3 Å². The van der Waals surface area contributed by atoms with Crippen molar-refractivity contribution < 1.29 is 14.6 Å². The molecule has 1 amide bonds. The van der Waals surface area contributed by atoms with Gasteiger partial charge in [-0.2, -0.15) is 0 Å². The summed E-state index contributed by atoms with van der Waals surface area (Å²) in [5, 5.41) is 10.6. The molecule has 1 aliphatic heterocycles. The molecule has 0 radical (unpaired) electrons. The summed E-state index contributed by atoms with van der Waals surface area (Å²) in [4.78, 5) is 17.9. The summed E-state index contributed by atoms with van der Waals surface area (Å²) < 4.78 is 5.22. The topological polar surface area (TPSA) is 53.0 Å². The van der Waals surface area contributed by atoms with Gasteiger partial charge in [-0.15, -0.1) is 11.8 Å². The van der Waals surface area contributed by atoms with Gasteiger partial charge in [-0.1, -0.05) is 18.2 Å². The third kappa shape index (κ3) is 4.29. The van der Waals surface area contributed by atoms with Gasteiger partial charge in [0.1, 0.15) is 11.9 Å². The fraction of sp³-hybridized carbons (Fsp3) is 0.381. The van der Waals surface area contributed by atoms with Crippen molar-refractivity contribution in [3.05, 3.63) is 53.6 Å². The molecule has 0 aromatic heterocycles. The molecule has 3 rings (SSSR count). The molecule has 1 N–H and O–H groups in total. The van der Waals surface area contributed by atoms with Crippen LogP contribution in [-0.2, 0) is 4.79 Å². The molecule has 0 saturated carbocycles. The highest BCUT2D eigenvalue weighted by molar-refractivity contribution is 7.99. The monoisotopic (exact) mass is 386 g/mol. The molecule has 144 valence electrons. The first-order chi connectivity index (χ1) is 12.9. The van der Waals surface area contributed by atoms with E-state index in [2.05, 4.69) is 0 Å². The number of ether oxygens (including phenoxy) is 1. The predicted octanol–water partition coefficient (Wildman–Crippen LogP) is 3.11. The van der Waals surface area contributed by atoms with E-state index in [9.17, 15) is 9.90 Å². The Morgan fingerprint density at radius 2 is 1.89 bits per heavy atom. The number of hydrogen-bond acceptors (Lipinski definition) is 5. The zero-order chi connectivity index (χ0) is 19.6. The molecule has 27 heavy (non-hydrogen) atoms. The van der Waals surface area contributed by atoms with Crippen LogP contribution in [0.5, 0.6) is 5.75 Å². The number of aliphatic hydroxyl groups is 1. The summed E-state index contributed by atoms with van der Waals surface area (Å²) in [6.07, 6.45) is -1.11. The molecule has 0 fully saturated rings. The number of amides is 1. The van der Waals surface area contributed by atoms with E-state index < -0.39 is 6.10 Å². The van der Waals surface area contributed by atoms with Gasteiger partial charge in [0, 0.05) is 18.0 Å². The highest BCUT2D eigenvalue weighted by Crippen LogP contribution is 2.46. The predicted molar refractivity (Wildman–Crippen MR) is 110 cm³/mol. The van der Waals surface area contributed by atoms with Gasteiger partial charge < -0.3 is 19.6 Å². The van der Waals surface area contributed by atoms with E-state index in [1.165, 1.54) is 11.8 Å². The number of anilines is 1. The van der Waals surface area contributed by atoms with Crippen LogP contribution < -0.4 is 9.64 Å². The lowest BCUT2D eigenvalue weighted by Gasteiger charge is -2.26. The van der Waals surface area contributed by atoms with Crippen molar-refractivity contribution in [3.8, 4) is 5.75 Å². The molecule has 6 heteroatoms. The van der Waals surface area contributed by atoms with Crippen LogP contribution in [0.3, 0.4) is 0 Å². The van der Waals surface area contributed by atoms with Gasteiger partial charge in [-0.05, 0) is 56.4 Å². The number of carbonyl (C=O) groups is 1. The Morgan fingerprint density at radius 3 is 2.52 bits per heavy atom. The molecule has 0 unspecified atom stereocenters. The number of carbonyl (C=O) groups excluding carboxylic acids is 1. The summed E-state index contributed by atoms with van der Waals surface area (Å²) in [6.45, 7) is 3.28. The maximum absolute atomic E-state index is 13.2. The molecule has 2 aromatic rings. The molecule has 2 aromatic carbocycles. The first-order valence-electron chi connectivity index (χ1n) is 8.96. The third-order valence-corrected chi connectivity index (χ3v) is 6.06. The molecular formula is C21H26N2O3S. The van der Waals surface area contributed by atoms with E-state index in [1.807, 2.05) is 68.4 Å². The number of aryl methyl sites for hydroxylation is 1. The van der Waals surface area contributed by atoms with Gasteiger partial charge in [0.15, 0.2) is 0 Å². The van der Waals surface area contributed by atoms with Gasteiger partial charge in [0.2, 0.25) is 0 Å². The van der Waals surface area contributed by atoms with Crippen molar-refractivity contribution in [1.29, 1.82) is 0 Å². The molecule has 0 bridgehead atoms. The second kappa shape index (κ2) is 8.33. The number of benzene rings is 2. The lowest BCUT2D eigenvalue weighted by Crippen LogP contribution is -2.43. The molecular weight excluding hydrogens is 360 g/mol. The van der Waals surface area contributed by atoms with Crippen LogP contribution in [0.2, 0.25) is 0 Å². The van der Waals surface area contributed by atoms with Crippen LogP contribution in [0.25, 0.3) is 0 Å². The molecule has 0 aliphatic carbocycles. The molecule has 2 atom stereocenters. The van der Waals surface area contributed by atoms with E-state index in [4.69, 9.17) is 4.74 Å². The van der Waals surface area contributed by atoms with E-state index in [0.717, 1.165) is 34.0 Å². The smallest absolute Gasteiger partial charge is 0.257 e. The second-order valence-corrected chi connectivity index (χ2v) is 8.20. The van der Waals surface area contributed by atoms with Crippen molar-refractivity contribution in [2.75, 3.05) is 39.2 Å². The summed E-state index contributed by atoms with van der Waals surface area (Å²) in [5.74, 6) is 0.497. The number of fused-ring (bicyclic) bond motifs is 1. The average Bonchev–Trinajstić information content (AvgIpc) is 2.75. The van der Waals surface area contributed by atoms with Crippen LogP contribution in [0, 0.1) is 6.92 Å². The number of thioether (sulfide) groups is 1. The summed E-state index contributed by atoms with van der Waals surface area (Å²) in [5.41, 5.74) is 2.87. The lowest BCUT2D eigenvalue weighted by atomic mass is 10.1. The van der Waals surface area contributed by atoms with Crippen molar-refractivity contribution in [1.82, 2.24) is 4.90 Å². The number of nitrogens with zero attached hydrogens (tertiary/aromatic N) is 2. The SMILES string of the molecule is COc1ccc([C@H]2Sc3ccc(C)cc3N(CCN(C)C)C(=O)[C@H]2O)cc1. The Balaban J connectivity index is 2.00. The maximum atomic E-state index is 13.2. The number of methoxy groups -OCH3 is 1. The Morgan fingerprint density at radius 1 is 1.19 bits per heavy atom. The Labute approximate surface area is 164 Å². The summed E-state index contributed by atoms with van der Waals surface area (Å²) in [6, 6.07) is 13.7. The fourth-order valence-corrected chi connectivity index (χ4v) is 4.37. The Kier molecular flexibility index (Phi) is 6.09. The summed E-state index contributed by atoms with van der Waals surface area (Å²) >= 11 is 1.54.